The average Bonchev–Trinajstić information content (AvgIpc) is 2.62. The number of aromatic nitrogens is 1. The predicted molar refractivity (Wildman–Crippen MR) is 63.6 cm³/mol. The number of aromatic amines is 1. The molecule has 0 spiro atoms. The lowest BCUT2D eigenvalue weighted by atomic mass is 10.1. The van der Waals surface area contributed by atoms with Gasteiger partial charge < -0.3 is 4.98 Å². The summed E-state index contributed by atoms with van der Waals surface area (Å²) in [7, 11) is 0. The lowest BCUT2D eigenvalue weighted by Crippen LogP contribution is -1.72. The Kier molecular flexibility index (Phi) is 4.24. The van der Waals surface area contributed by atoms with Crippen LogP contribution in [0.25, 0.3) is 10.9 Å². The summed E-state index contributed by atoms with van der Waals surface area (Å²) in [6.07, 6.45) is 4.44. The molecule has 0 fully saturated rings. The number of aryl methyl sites for hydroxylation is 1. The molecular formula is C13H19N. The van der Waals surface area contributed by atoms with Crippen LogP contribution >= 0.6 is 0 Å². The second-order valence-electron chi connectivity index (χ2n) is 3.42. The van der Waals surface area contributed by atoms with Crippen molar-refractivity contribution in [1.82, 2.24) is 4.98 Å². The fourth-order valence-electron chi connectivity index (χ4n) is 1.42. The van der Waals surface area contributed by atoms with Crippen LogP contribution in [-0.4, -0.2) is 4.98 Å². The predicted octanol–water partition coefficient (Wildman–Crippen LogP) is 4.15. The highest BCUT2D eigenvalue weighted by atomic mass is 14.7. The summed E-state index contributed by atoms with van der Waals surface area (Å²) in [6, 6.07) is 8.40. The molecule has 2 aromatic rings. The Labute approximate surface area is 86.2 Å². The summed E-state index contributed by atoms with van der Waals surface area (Å²) in [5, 5.41) is 1.36. The van der Waals surface area contributed by atoms with Gasteiger partial charge in [0.1, 0.15) is 0 Å². The number of nitrogens with one attached hydrogen (secondary N) is 1. The van der Waals surface area contributed by atoms with Crippen LogP contribution in [0.2, 0.25) is 0 Å². The molecule has 0 aliphatic carbocycles. The van der Waals surface area contributed by atoms with Crippen molar-refractivity contribution < 1.29 is 0 Å². The maximum atomic E-state index is 3.24. The Balaban J connectivity index is 0.000000293. The number of benzene rings is 1. The fourth-order valence-corrected chi connectivity index (χ4v) is 1.42. The first-order chi connectivity index (χ1) is 6.83. The molecule has 0 saturated carbocycles. The van der Waals surface area contributed by atoms with Crippen molar-refractivity contribution in [3.63, 3.8) is 0 Å². The third-order valence-electron chi connectivity index (χ3n) is 2.06. The van der Waals surface area contributed by atoms with Gasteiger partial charge in [-0.1, -0.05) is 45.4 Å². The minimum Gasteiger partial charge on any atom is -0.361 e. The third-order valence-corrected chi connectivity index (χ3v) is 2.06. The molecule has 0 amide bonds. The number of hydrogen-bond donors (Lipinski definition) is 1. The van der Waals surface area contributed by atoms with E-state index in [4.69, 9.17) is 0 Å². The van der Waals surface area contributed by atoms with Gasteiger partial charge in [0.15, 0.2) is 0 Å². The first kappa shape index (κ1) is 10.8. The number of H-pyrrole nitrogens is 1. The molecule has 0 bridgehead atoms. The highest BCUT2D eigenvalue weighted by molar-refractivity contribution is 5.82. The first-order valence-corrected chi connectivity index (χ1v) is 5.38. The van der Waals surface area contributed by atoms with Gasteiger partial charge in [-0.15, -0.1) is 0 Å². The maximum absolute atomic E-state index is 3.24. The molecule has 0 aliphatic rings. The second kappa shape index (κ2) is 5.48. The van der Waals surface area contributed by atoms with E-state index in [-0.39, 0.29) is 0 Å². The van der Waals surface area contributed by atoms with Crippen molar-refractivity contribution in [3.05, 3.63) is 36.0 Å². The van der Waals surface area contributed by atoms with Crippen LogP contribution in [0.1, 0.15) is 32.8 Å². The van der Waals surface area contributed by atoms with Gasteiger partial charge in [-0.25, -0.2) is 0 Å². The molecule has 14 heavy (non-hydrogen) atoms. The van der Waals surface area contributed by atoms with Crippen LogP contribution in [0.15, 0.2) is 30.5 Å². The van der Waals surface area contributed by atoms with Crippen LogP contribution in [0.5, 0.6) is 0 Å². The van der Waals surface area contributed by atoms with Crippen LogP contribution in [-0.2, 0) is 6.42 Å². The third kappa shape index (κ3) is 2.38. The summed E-state index contributed by atoms with van der Waals surface area (Å²) in [6.45, 7) is 6.43. The molecule has 1 heteroatoms. The van der Waals surface area contributed by atoms with Crippen molar-refractivity contribution >= 4 is 10.9 Å². The van der Waals surface area contributed by atoms with E-state index in [0.29, 0.717) is 0 Å². The molecule has 1 nitrogen and oxygen atoms in total. The van der Waals surface area contributed by atoms with E-state index in [1.54, 1.807) is 0 Å². The van der Waals surface area contributed by atoms with E-state index in [1.165, 1.54) is 22.9 Å². The fraction of sp³-hybridized carbons (Fsp3) is 0.385. The van der Waals surface area contributed by atoms with Crippen LogP contribution in [0.4, 0.5) is 0 Å². The molecule has 1 aromatic carbocycles. The number of para-hydroxylation sites is 1. The summed E-state index contributed by atoms with van der Waals surface area (Å²) in [5.74, 6) is 0. The normalized spacial score (nSPS) is 9.64. The summed E-state index contributed by atoms with van der Waals surface area (Å²) in [4.78, 5) is 3.24. The molecular weight excluding hydrogens is 170 g/mol. The zero-order valence-electron chi connectivity index (χ0n) is 9.30. The monoisotopic (exact) mass is 189 g/mol. The molecule has 1 N–H and O–H groups in total. The highest BCUT2D eigenvalue weighted by Crippen LogP contribution is 2.17. The molecule has 0 unspecified atom stereocenters. The summed E-state index contributed by atoms with van der Waals surface area (Å²) in [5.41, 5.74) is 2.64. The summed E-state index contributed by atoms with van der Waals surface area (Å²) >= 11 is 0. The minimum atomic E-state index is 1.10. The van der Waals surface area contributed by atoms with Crippen molar-refractivity contribution in [2.75, 3.05) is 0 Å². The van der Waals surface area contributed by atoms with E-state index in [0.717, 1.165) is 6.42 Å². The Bertz CT molecular complexity index is 373. The Morgan fingerprint density at radius 2 is 1.71 bits per heavy atom. The average molecular weight is 189 g/mol. The van der Waals surface area contributed by atoms with E-state index < -0.39 is 0 Å². The van der Waals surface area contributed by atoms with Gasteiger partial charge in [-0.05, 0) is 18.1 Å². The zero-order chi connectivity index (χ0) is 10.4. The van der Waals surface area contributed by atoms with Gasteiger partial charge in [-0.2, -0.15) is 0 Å². The molecule has 1 heterocycles. The molecule has 2 rings (SSSR count). The lowest BCUT2D eigenvalue weighted by Gasteiger charge is -1.90. The Morgan fingerprint density at radius 3 is 2.36 bits per heavy atom. The zero-order valence-corrected chi connectivity index (χ0v) is 9.30. The maximum Gasteiger partial charge on any atom is 0.0456 e. The van der Waals surface area contributed by atoms with Gasteiger partial charge in [0.05, 0.1) is 0 Å². The van der Waals surface area contributed by atoms with Crippen molar-refractivity contribution in [3.8, 4) is 0 Å². The molecule has 0 aliphatic heterocycles. The number of hydrogen-bond acceptors (Lipinski definition) is 0. The molecule has 1 aromatic heterocycles. The lowest BCUT2D eigenvalue weighted by molar-refractivity contribution is 1.09. The topological polar surface area (TPSA) is 15.8 Å². The van der Waals surface area contributed by atoms with E-state index in [2.05, 4.69) is 56.2 Å². The standard InChI is InChI=1S/C10H11N.C3H8/c1-2-8-7-11-10-6-4-3-5-9(8)10;1-3-2/h3-7,11H,2H2,1H3;3H2,1-2H3. The largest absolute Gasteiger partial charge is 0.361 e. The van der Waals surface area contributed by atoms with Crippen molar-refractivity contribution in [1.29, 1.82) is 0 Å². The Hall–Kier alpha value is -1.24. The quantitative estimate of drug-likeness (QED) is 0.693. The van der Waals surface area contributed by atoms with Gasteiger partial charge in [0.25, 0.3) is 0 Å². The molecule has 76 valence electrons. The smallest absolute Gasteiger partial charge is 0.0456 e. The van der Waals surface area contributed by atoms with Crippen molar-refractivity contribution in [2.45, 2.75) is 33.6 Å². The molecule has 0 atom stereocenters. The Morgan fingerprint density at radius 1 is 1.07 bits per heavy atom. The van der Waals surface area contributed by atoms with Crippen LogP contribution in [0.3, 0.4) is 0 Å². The van der Waals surface area contributed by atoms with E-state index >= 15 is 0 Å². The SMILES string of the molecule is CCC.CCc1c[nH]c2ccccc12. The highest BCUT2D eigenvalue weighted by Gasteiger charge is 1.97. The first-order valence-electron chi connectivity index (χ1n) is 5.38. The van der Waals surface area contributed by atoms with Gasteiger partial charge in [0, 0.05) is 17.1 Å². The van der Waals surface area contributed by atoms with Gasteiger partial charge in [-0.3, -0.25) is 0 Å². The van der Waals surface area contributed by atoms with E-state index in [9.17, 15) is 0 Å². The number of rotatable bonds is 1. The summed E-state index contributed by atoms with van der Waals surface area (Å²) < 4.78 is 0. The van der Waals surface area contributed by atoms with Gasteiger partial charge >= 0.3 is 0 Å². The second-order valence-corrected chi connectivity index (χ2v) is 3.42. The number of fused-ring (bicyclic) bond motifs is 1. The van der Waals surface area contributed by atoms with E-state index in [1.807, 2.05) is 0 Å². The van der Waals surface area contributed by atoms with Crippen LogP contribution < -0.4 is 0 Å². The molecule has 0 saturated heterocycles. The minimum absolute atomic E-state index is 1.10. The van der Waals surface area contributed by atoms with Crippen LogP contribution in [0, 0.1) is 0 Å². The van der Waals surface area contributed by atoms with Crippen molar-refractivity contribution in [2.24, 2.45) is 0 Å². The molecule has 0 radical (unpaired) electrons. The van der Waals surface area contributed by atoms with Gasteiger partial charge in [0.2, 0.25) is 0 Å².